The van der Waals surface area contributed by atoms with E-state index in [1.165, 1.54) is 17.4 Å². The molecule has 0 spiro atoms. The van der Waals surface area contributed by atoms with Crippen LogP contribution < -0.4 is 10.6 Å². The highest BCUT2D eigenvalue weighted by molar-refractivity contribution is 7.88. The Labute approximate surface area is 163 Å². The second-order valence-corrected chi connectivity index (χ2v) is 9.66. The highest BCUT2D eigenvalue weighted by Gasteiger charge is 2.25. The van der Waals surface area contributed by atoms with Crippen LogP contribution >= 0.6 is 0 Å². The number of guanidine groups is 1. The van der Waals surface area contributed by atoms with Gasteiger partial charge in [0.05, 0.1) is 6.26 Å². The van der Waals surface area contributed by atoms with Gasteiger partial charge in [-0.25, -0.2) is 12.7 Å². The molecule has 150 valence electrons. The van der Waals surface area contributed by atoms with Gasteiger partial charge in [-0.15, -0.1) is 0 Å². The van der Waals surface area contributed by atoms with Crippen molar-refractivity contribution in [3.63, 3.8) is 0 Å². The molecule has 6 nitrogen and oxygen atoms in total. The number of aliphatic imine (C=N–C) groups is 1. The molecule has 0 amide bonds. The first-order valence-electron chi connectivity index (χ1n) is 10.0. The van der Waals surface area contributed by atoms with Crippen LogP contribution in [0.1, 0.15) is 37.3 Å². The van der Waals surface area contributed by atoms with E-state index < -0.39 is 10.0 Å². The van der Waals surface area contributed by atoms with Crippen LogP contribution in [0.5, 0.6) is 0 Å². The van der Waals surface area contributed by atoms with E-state index in [4.69, 9.17) is 4.99 Å². The standard InChI is InChI=1S/C20H32N4O2S/c1-3-21-20(22-15-16-10-12-24(13-11-16)27(2,25)26)23-19-9-8-17-6-4-5-7-18(17)14-19/h4-7,16,19H,3,8-15H2,1-2H3,(H2,21,22,23). The van der Waals surface area contributed by atoms with Crippen LogP contribution in [-0.4, -0.2) is 57.2 Å². The zero-order valence-corrected chi connectivity index (χ0v) is 17.3. The Kier molecular flexibility index (Phi) is 6.76. The molecule has 1 atom stereocenters. The lowest BCUT2D eigenvalue weighted by molar-refractivity contribution is 0.280. The topological polar surface area (TPSA) is 73.8 Å². The number of hydrogen-bond acceptors (Lipinski definition) is 3. The Morgan fingerprint density at radius 2 is 1.89 bits per heavy atom. The summed E-state index contributed by atoms with van der Waals surface area (Å²) in [5, 5.41) is 6.96. The Balaban J connectivity index is 1.53. The summed E-state index contributed by atoms with van der Waals surface area (Å²) in [6, 6.07) is 9.09. The van der Waals surface area contributed by atoms with Crippen molar-refractivity contribution in [3.8, 4) is 0 Å². The summed E-state index contributed by atoms with van der Waals surface area (Å²) in [4.78, 5) is 4.80. The maximum atomic E-state index is 11.6. The normalized spacial score (nSPS) is 22.3. The maximum Gasteiger partial charge on any atom is 0.211 e. The molecule has 3 rings (SSSR count). The Bertz CT molecular complexity index is 755. The molecule has 1 unspecified atom stereocenters. The van der Waals surface area contributed by atoms with E-state index in [0.717, 1.165) is 51.2 Å². The molecule has 1 fully saturated rings. The zero-order valence-electron chi connectivity index (χ0n) is 16.4. The Hall–Kier alpha value is -1.60. The highest BCUT2D eigenvalue weighted by Crippen LogP contribution is 2.21. The van der Waals surface area contributed by atoms with Crippen LogP contribution in [0.15, 0.2) is 29.3 Å². The van der Waals surface area contributed by atoms with Crippen LogP contribution in [-0.2, 0) is 22.9 Å². The number of aryl methyl sites for hydroxylation is 1. The molecule has 1 heterocycles. The van der Waals surface area contributed by atoms with Crippen LogP contribution in [0.3, 0.4) is 0 Å². The van der Waals surface area contributed by atoms with Crippen LogP contribution in [0, 0.1) is 5.92 Å². The Morgan fingerprint density at radius 3 is 2.56 bits per heavy atom. The van der Waals surface area contributed by atoms with Gasteiger partial charge in [-0.1, -0.05) is 24.3 Å². The van der Waals surface area contributed by atoms with Gasteiger partial charge < -0.3 is 10.6 Å². The second-order valence-electron chi connectivity index (χ2n) is 7.68. The molecular weight excluding hydrogens is 360 g/mol. The fourth-order valence-corrected chi connectivity index (χ4v) is 4.85. The van der Waals surface area contributed by atoms with Crippen molar-refractivity contribution in [1.82, 2.24) is 14.9 Å². The van der Waals surface area contributed by atoms with Crippen molar-refractivity contribution in [3.05, 3.63) is 35.4 Å². The molecule has 1 aromatic rings. The fourth-order valence-electron chi connectivity index (χ4n) is 3.98. The predicted molar refractivity (Wildman–Crippen MR) is 111 cm³/mol. The number of nitrogens with zero attached hydrogens (tertiary/aromatic N) is 2. The first-order valence-corrected chi connectivity index (χ1v) is 11.9. The fraction of sp³-hybridized carbons (Fsp3) is 0.650. The number of rotatable bonds is 5. The summed E-state index contributed by atoms with van der Waals surface area (Å²) in [5.74, 6) is 1.33. The highest BCUT2D eigenvalue weighted by atomic mass is 32.2. The zero-order chi connectivity index (χ0) is 19.3. The number of hydrogen-bond donors (Lipinski definition) is 2. The van der Waals surface area contributed by atoms with Crippen LogP contribution in [0.25, 0.3) is 0 Å². The molecule has 1 aliphatic heterocycles. The van der Waals surface area contributed by atoms with Crippen molar-refractivity contribution >= 4 is 16.0 Å². The van der Waals surface area contributed by atoms with Crippen LogP contribution in [0.2, 0.25) is 0 Å². The quantitative estimate of drug-likeness (QED) is 0.592. The van der Waals surface area contributed by atoms with Gasteiger partial charge in [0.1, 0.15) is 0 Å². The molecule has 1 aromatic carbocycles. The van der Waals surface area contributed by atoms with Gasteiger partial charge in [-0.3, -0.25) is 4.99 Å². The summed E-state index contributed by atoms with van der Waals surface area (Å²) in [6.45, 7) is 4.89. The summed E-state index contributed by atoms with van der Waals surface area (Å²) >= 11 is 0. The molecule has 0 bridgehead atoms. The number of piperidine rings is 1. The maximum absolute atomic E-state index is 11.6. The number of benzene rings is 1. The third-order valence-electron chi connectivity index (χ3n) is 5.58. The molecule has 2 aliphatic rings. The monoisotopic (exact) mass is 392 g/mol. The SMILES string of the molecule is CCNC(=NCC1CCN(S(C)(=O)=O)CC1)NC1CCc2ccccc2C1. The largest absolute Gasteiger partial charge is 0.357 e. The lowest BCUT2D eigenvalue weighted by atomic mass is 9.88. The van der Waals surface area contributed by atoms with Gasteiger partial charge in [0.15, 0.2) is 5.96 Å². The van der Waals surface area contributed by atoms with E-state index in [1.54, 1.807) is 4.31 Å². The van der Waals surface area contributed by atoms with Gasteiger partial charge >= 0.3 is 0 Å². The third kappa shape index (κ3) is 5.69. The van der Waals surface area contributed by atoms with Crippen molar-refractivity contribution in [2.75, 3.05) is 32.4 Å². The van der Waals surface area contributed by atoms with Crippen LogP contribution in [0.4, 0.5) is 0 Å². The van der Waals surface area contributed by atoms with Crippen molar-refractivity contribution < 1.29 is 8.42 Å². The lowest BCUT2D eigenvalue weighted by Gasteiger charge is -2.30. The average Bonchev–Trinajstić information content (AvgIpc) is 2.66. The summed E-state index contributed by atoms with van der Waals surface area (Å²) in [7, 11) is -3.06. The van der Waals surface area contributed by atoms with Crippen molar-refractivity contribution in [2.24, 2.45) is 10.9 Å². The number of fused-ring (bicyclic) bond motifs is 1. The van der Waals surface area contributed by atoms with E-state index in [9.17, 15) is 8.42 Å². The molecule has 2 N–H and O–H groups in total. The van der Waals surface area contributed by atoms with Gasteiger partial charge in [-0.2, -0.15) is 0 Å². The van der Waals surface area contributed by atoms with E-state index in [0.29, 0.717) is 25.0 Å². The number of nitrogens with one attached hydrogen (secondary N) is 2. The van der Waals surface area contributed by atoms with E-state index in [1.807, 2.05) is 0 Å². The minimum absolute atomic E-state index is 0.407. The molecule has 0 radical (unpaired) electrons. The molecular formula is C20H32N4O2S. The molecule has 27 heavy (non-hydrogen) atoms. The van der Waals surface area contributed by atoms with E-state index in [2.05, 4.69) is 41.8 Å². The van der Waals surface area contributed by atoms with Gasteiger partial charge in [0, 0.05) is 32.2 Å². The van der Waals surface area contributed by atoms with Crippen molar-refractivity contribution in [2.45, 2.75) is 45.1 Å². The first kappa shape index (κ1) is 20.1. The first-order chi connectivity index (χ1) is 13.0. The van der Waals surface area contributed by atoms with Gasteiger partial charge in [0.2, 0.25) is 10.0 Å². The molecule has 0 aromatic heterocycles. The lowest BCUT2D eigenvalue weighted by Crippen LogP contribution is -2.46. The smallest absolute Gasteiger partial charge is 0.211 e. The molecule has 0 saturated carbocycles. The second kappa shape index (κ2) is 9.06. The summed E-state index contributed by atoms with van der Waals surface area (Å²) in [6.07, 6.45) is 6.32. The third-order valence-corrected chi connectivity index (χ3v) is 6.89. The summed E-state index contributed by atoms with van der Waals surface area (Å²) < 4.78 is 24.8. The minimum Gasteiger partial charge on any atom is -0.357 e. The van der Waals surface area contributed by atoms with E-state index >= 15 is 0 Å². The van der Waals surface area contributed by atoms with E-state index in [-0.39, 0.29) is 0 Å². The van der Waals surface area contributed by atoms with Crippen molar-refractivity contribution in [1.29, 1.82) is 0 Å². The minimum atomic E-state index is -3.06. The molecule has 7 heteroatoms. The molecule has 1 saturated heterocycles. The van der Waals surface area contributed by atoms with Gasteiger partial charge in [0.25, 0.3) is 0 Å². The summed E-state index contributed by atoms with van der Waals surface area (Å²) in [5.41, 5.74) is 2.90. The number of sulfonamides is 1. The predicted octanol–water partition coefficient (Wildman–Crippen LogP) is 1.77. The Morgan fingerprint density at radius 1 is 1.19 bits per heavy atom. The average molecular weight is 393 g/mol. The molecule has 1 aliphatic carbocycles. The van der Waals surface area contributed by atoms with Gasteiger partial charge in [-0.05, 0) is 56.1 Å².